The van der Waals surface area contributed by atoms with Gasteiger partial charge in [0, 0.05) is 25.0 Å². The van der Waals surface area contributed by atoms with Gasteiger partial charge in [0.2, 0.25) is 5.91 Å². The van der Waals surface area contributed by atoms with E-state index in [0.29, 0.717) is 11.9 Å². The van der Waals surface area contributed by atoms with E-state index in [1.807, 2.05) is 0 Å². The summed E-state index contributed by atoms with van der Waals surface area (Å²) in [4.78, 5) is 17.2. The highest BCUT2D eigenvalue weighted by Gasteiger charge is 2.31. The molecule has 1 aliphatic heterocycles. The fourth-order valence-corrected chi connectivity index (χ4v) is 3.81. The quantitative estimate of drug-likeness (QED) is 0.833. The first kappa shape index (κ1) is 14.6. The summed E-state index contributed by atoms with van der Waals surface area (Å²) in [5.74, 6) is 0.559. The van der Waals surface area contributed by atoms with Gasteiger partial charge in [-0.15, -0.1) is 0 Å². The Morgan fingerprint density at radius 2 is 1.76 bits per heavy atom. The third-order valence-corrected chi connectivity index (χ3v) is 5.14. The SMILES string of the molecule is CN(C)[C@H]1CCCN(C(=O)C2Cc3ccccc3C2)CC1. The molecule has 2 aliphatic rings. The minimum absolute atomic E-state index is 0.179. The average Bonchev–Trinajstić information content (AvgIpc) is 2.75. The molecule has 0 aromatic heterocycles. The minimum atomic E-state index is 0.179. The van der Waals surface area contributed by atoms with Crippen molar-refractivity contribution in [3.8, 4) is 0 Å². The molecule has 1 atom stereocenters. The maximum absolute atomic E-state index is 12.8. The lowest BCUT2D eigenvalue weighted by Gasteiger charge is -2.25. The number of benzene rings is 1. The van der Waals surface area contributed by atoms with E-state index in [1.54, 1.807) is 0 Å². The van der Waals surface area contributed by atoms with Crippen LogP contribution >= 0.6 is 0 Å². The number of rotatable bonds is 2. The van der Waals surface area contributed by atoms with Gasteiger partial charge in [-0.1, -0.05) is 24.3 Å². The van der Waals surface area contributed by atoms with E-state index in [2.05, 4.69) is 48.2 Å². The molecule has 0 spiro atoms. The van der Waals surface area contributed by atoms with Crippen molar-refractivity contribution in [2.75, 3.05) is 27.2 Å². The Morgan fingerprint density at radius 1 is 1.10 bits per heavy atom. The predicted molar refractivity (Wildman–Crippen MR) is 85.2 cm³/mol. The molecule has 1 saturated heterocycles. The second-order valence-corrected chi connectivity index (χ2v) is 6.75. The van der Waals surface area contributed by atoms with Crippen molar-refractivity contribution < 1.29 is 4.79 Å². The third kappa shape index (κ3) is 3.13. The Labute approximate surface area is 127 Å². The molecule has 3 rings (SSSR count). The summed E-state index contributed by atoms with van der Waals surface area (Å²) < 4.78 is 0. The average molecular weight is 286 g/mol. The second kappa shape index (κ2) is 6.18. The second-order valence-electron chi connectivity index (χ2n) is 6.75. The van der Waals surface area contributed by atoms with Crippen LogP contribution in [0.15, 0.2) is 24.3 Å². The highest BCUT2D eigenvalue weighted by Crippen LogP contribution is 2.28. The molecule has 0 unspecified atom stereocenters. The Kier molecular flexibility index (Phi) is 4.29. The summed E-state index contributed by atoms with van der Waals surface area (Å²) in [5.41, 5.74) is 2.74. The summed E-state index contributed by atoms with van der Waals surface area (Å²) in [7, 11) is 4.30. The van der Waals surface area contributed by atoms with Crippen molar-refractivity contribution in [1.82, 2.24) is 9.80 Å². The molecule has 114 valence electrons. The molecule has 3 heteroatoms. The van der Waals surface area contributed by atoms with Crippen LogP contribution in [-0.4, -0.2) is 48.9 Å². The molecule has 0 saturated carbocycles. The van der Waals surface area contributed by atoms with Gasteiger partial charge < -0.3 is 9.80 Å². The number of nitrogens with zero attached hydrogens (tertiary/aromatic N) is 2. The summed E-state index contributed by atoms with van der Waals surface area (Å²) in [5, 5.41) is 0. The van der Waals surface area contributed by atoms with E-state index in [0.717, 1.165) is 38.8 Å². The van der Waals surface area contributed by atoms with Gasteiger partial charge in [-0.3, -0.25) is 4.79 Å². The number of hydrogen-bond acceptors (Lipinski definition) is 2. The number of carbonyl (C=O) groups excluding carboxylic acids is 1. The van der Waals surface area contributed by atoms with E-state index >= 15 is 0 Å². The van der Waals surface area contributed by atoms with Crippen molar-refractivity contribution >= 4 is 5.91 Å². The number of carbonyl (C=O) groups is 1. The van der Waals surface area contributed by atoms with Crippen molar-refractivity contribution in [2.45, 2.75) is 38.1 Å². The van der Waals surface area contributed by atoms with Gasteiger partial charge in [0.25, 0.3) is 0 Å². The van der Waals surface area contributed by atoms with E-state index in [4.69, 9.17) is 0 Å². The molecular formula is C18H26N2O. The highest BCUT2D eigenvalue weighted by molar-refractivity contribution is 5.80. The van der Waals surface area contributed by atoms with Gasteiger partial charge in [0.05, 0.1) is 0 Å². The van der Waals surface area contributed by atoms with Crippen LogP contribution in [0.4, 0.5) is 0 Å². The van der Waals surface area contributed by atoms with Crippen LogP contribution in [0.1, 0.15) is 30.4 Å². The monoisotopic (exact) mass is 286 g/mol. The van der Waals surface area contributed by atoms with Gasteiger partial charge in [-0.2, -0.15) is 0 Å². The lowest BCUT2D eigenvalue weighted by molar-refractivity contribution is -0.135. The molecule has 1 aromatic carbocycles. The molecular weight excluding hydrogens is 260 g/mol. The molecule has 21 heavy (non-hydrogen) atoms. The molecule has 0 radical (unpaired) electrons. The number of fused-ring (bicyclic) bond motifs is 1. The predicted octanol–water partition coefficient (Wildman–Crippen LogP) is 2.34. The molecule has 1 aliphatic carbocycles. The summed E-state index contributed by atoms with van der Waals surface area (Å²) in [6.45, 7) is 1.87. The zero-order valence-corrected chi connectivity index (χ0v) is 13.2. The molecule has 0 N–H and O–H groups in total. The van der Waals surface area contributed by atoms with Crippen molar-refractivity contribution in [2.24, 2.45) is 5.92 Å². The maximum Gasteiger partial charge on any atom is 0.226 e. The standard InChI is InChI=1S/C18H26N2O/c1-19(2)17-8-5-10-20(11-9-17)18(21)16-12-14-6-3-4-7-15(14)13-16/h3-4,6-7,16-17H,5,8-13H2,1-2H3/t17-/m0/s1. The smallest absolute Gasteiger partial charge is 0.226 e. The van der Waals surface area contributed by atoms with E-state index in [1.165, 1.54) is 17.5 Å². The van der Waals surface area contributed by atoms with Crippen molar-refractivity contribution in [1.29, 1.82) is 0 Å². The lowest BCUT2D eigenvalue weighted by atomic mass is 10.0. The lowest BCUT2D eigenvalue weighted by Crippen LogP contribution is -2.38. The highest BCUT2D eigenvalue weighted by atomic mass is 16.2. The molecule has 1 amide bonds. The molecule has 1 aromatic rings. The number of hydrogen-bond donors (Lipinski definition) is 0. The number of likely N-dealkylation sites (tertiary alicyclic amines) is 1. The minimum Gasteiger partial charge on any atom is -0.342 e. The van der Waals surface area contributed by atoms with Gasteiger partial charge in [-0.05, 0) is 57.3 Å². The first-order valence-corrected chi connectivity index (χ1v) is 8.17. The normalized spacial score (nSPS) is 23.2. The largest absolute Gasteiger partial charge is 0.342 e. The van der Waals surface area contributed by atoms with Crippen LogP contribution in [0.25, 0.3) is 0 Å². The zero-order valence-electron chi connectivity index (χ0n) is 13.2. The Bertz CT molecular complexity index is 487. The van der Waals surface area contributed by atoms with Crippen LogP contribution in [0.5, 0.6) is 0 Å². The maximum atomic E-state index is 12.8. The van der Waals surface area contributed by atoms with E-state index < -0.39 is 0 Å². The van der Waals surface area contributed by atoms with Crippen molar-refractivity contribution in [3.63, 3.8) is 0 Å². The third-order valence-electron chi connectivity index (χ3n) is 5.14. The molecule has 0 bridgehead atoms. The summed E-state index contributed by atoms with van der Waals surface area (Å²) in [6.07, 6.45) is 5.32. The van der Waals surface area contributed by atoms with Crippen LogP contribution in [0, 0.1) is 5.92 Å². The molecule has 3 nitrogen and oxygen atoms in total. The summed E-state index contributed by atoms with van der Waals surface area (Å²) >= 11 is 0. The van der Waals surface area contributed by atoms with Gasteiger partial charge in [-0.25, -0.2) is 0 Å². The van der Waals surface area contributed by atoms with Crippen LogP contribution in [0.2, 0.25) is 0 Å². The first-order valence-electron chi connectivity index (χ1n) is 8.17. The first-order chi connectivity index (χ1) is 10.1. The van der Waals surface area contributed by atoms with Crippen LogP contribution in [-0.2, 0) is 17.6 Å². The Morgan fingerprint density at radius 3 is 2.38 bits per heavy atom. The van der Waals surface area contributed by atoms with Crippen LogP contribution < -0.4 is 0 Å². The zero-order chi connectivity index (χ0) is 14.8. The number of amides is 1. The van der Waals surface area contributed by atoms with Crippen molar-refractivity contribution in [3.05, 3.63) is 35.4 Å². The van der Waals surface area contributed by atoms with Crippen LogP contribution in [0.3, 0.4) is 0 Å². The topological polar surface area (TPSA) is 23.6 Å². The molecule has 1 fully saturated rings. The fraction of sp³-hybridized carbons (Fsp3) is 0.611. The Balaban J connectivity index is 1.62. The Hall–Kier alpha value is -1.35. The van der Waals surface area contributed by atoms with Gasteiger partial charge >= 0.3 is 0 Å². The fourth-order valence-electron chi connectivity index (χ4n) is 3.81. The summed E-state index contributed by atoms with van der Waals surface area (Å²) in [6, 6.07) is 9.14. The van der Waals surface area contributed by atoms with Gasteiger partial charge in [0.1, 0.15) is 0 Å². The van der Waals surface area contributed by atoms with Gasteiger partial charge in [0.15, 0.2) is 0 Å². The molecule has 1 heterocycles. The van der Waals surface area contributed by atoms with E-state index in [-0.39, 0.29) is 5.92 Å². The van der Waals surface area contributed by atoms with E-state index in [9.17, 15) is 4.79 Å².